The van der Waals surface area contributed by atoms with E-state index in [0.717, 1.165) is 29.4 Å². The van der Waals surface area contributed by atoms with E-state index in [-0.39, 0.29) is 0 Å². The monoisotopic (exact) mass is 263 g/mol. The minimum Gasteiger partial charge on any atom is -0.318 e. The van der Waals surface area contributed by atoms with Crippen LogP contribution in [0.15, 0.2) is 24.3 Å². The molecule has 96 valence electrons. The Kier molecular flexibility index (Phi) is 4.04. The van der Waals surface area contributed by atoms with Crippen molar-refractivity contribution in [2.45, 2.75) is 20.4 Å². The molecule has 1 aromatic carbocycles. The van der Waals surface area contributed by atoms with Crippen LogP contribution in [0.3, 0.4) is 0 Å². The smallest absolute Gasteiger partial charge is 0.0674 e. The Balaban J connectivity index is 2.42. The number of nitrogens with one attached hydrogen (secondary N) is 1. The summed E-state index contributed by atoms with van der Waals surface area (Å²) in [7, 11) is 1.95. The van der Waals surface area contributed by atoms with Crippen LogP contribution in [-0.2, 0) is 6.54 Å². The third-order valence-corrected chi connectivity index (χ3v) is 3.30. The average Bonchev–Trinajstić information content (AvgIpc) is 2.62. The summed E-state index contributed by atoms with van der Waals surface area (Å²) < 4.78 is 2.04. The number of aromatic nitrogens is 2. The van der Waals surface area contributed by atoms with Crippen molar-refractivity contribution in [1.29, 1.82) is 0 Å². The zero-order valence-corrected chi connectivity index (χ0v) is 11.8. The first-order valence-electron chi connectivity index (χ1n) is 6.08. The van der Waals surface area contributed by atoms with E-state index in [4.69, 9.17) is 11.6 Å². The number of benzene rings is 1. The summed E-state index contributed by atoms with van der Waals surface area (Å²) >= 11 is 6.05. The fraction of sp³-hybridized carbons (Fsp3) is 0.357. The van der Waals surface area contributed by atoms with E-state index in [1.165, 1.54) is 11.3 Å². The Labute approximate surface area is 113 Å². The first-order chi connectivity index (χ1) is 8.63. The molecule has 0 saturated heterocycles. The predicted molar refractivity (Wildman–Crippen MR) is 76.1 cm³/mol. The van der Waals surface area contributed by atoms with Gasteiger partial charge in [-0.2, -0.15) is 5.10 Å². The molecular weight excluding hydrogens is 246 g/mol. The zero-order chi connectivity index (χ0) is 13.1. The normalized spacial score (nSPS) is 10.9. The van der Waals surface area contributed by atoms with Gasteiger partial charge in [-0.25, -0.2) is 0 Å². The van der Waals surface area contributed by atoms with Crippen LogP contribution in [0.5, 0.6) is 0 Å². The lowest BCUT2D eigenvalue weighted by atomic mass is 10.0. The fourth-order valence-electron chi connectivity index (χ4n) is 2.19. The van der Waals surface area contributed by atoms with E-state index in [1.807, 2.05) is 36.9 Å². The molecule has 4 heteroatoms. The number of nitrogens with zero attached hydrogens (tertiary/aromatic N) is 2. The number of rotatable bonds is 4. The molecule has 2 aromatic rings. The van der Waals surface area contributed by atoms with Crippen molar-refractivity contribution in [3.05, 3.63) is 40.7 Å². The first kappa shape index (κ1) is 13.1. The van der Waals surface area contributed by atoms with Crippen LogP contribution in [0.2, 0.25) is 5.02 Å². The molecule has 2 rings (SSSR count). The van der Waals surface area contributed by atoms with E-state index in [2.05, 4.69) is 23.4 Å². The molecule has 0 spiro atoms. The molecule has 0 aliphatic carbocycles. The van der Waals surface area contributed by atoms with Gasteiger partial charge in [-0.3, -0.25) is 4.68 Å². The van der Waals surface area contributed by atoms with Crippen LogP contribution in [0.4, 0.5) is 0 Å². The molecule has 0 amide bonds. The van der Waals surface area contributed by atoms with E-state index < -0.39 is 0 Å². The highest BCUT2D eigenvalue weighted by Gasteiger charge is 2.13. The van der Waals surface area contributed by atoms with Crippen molar-refractivity contribution in [3.8, 4) is 11.1 Å². The molecule has 0 aliphatic heterocycles. The lowest BCUT2D eigenvalue weighted by Crippen LogP contribution is -2.16. The van der Waals surface area contributed by atoms with E-state index in [9.17, 15) is 0 Å². The minimum atomic E-state index is 0.759. The Morgan fingerprint density at radius 2 is 2.11 bits per heavy atom. The van der Waals surface area contributed by atoms with E-state index in [1.54, 1.807) is 0 Å². The Bertz CT molecular complexity index is 546. The van der Waals surface area contributed by atoms with Crippen molar-refractivity contribution in [1.82, 2.24) is 15.1 Å². The second-order valence-corrected chi connectivity index (χ2v) is 4.82. The summed E-state index contributed by atoms with van der Waals surface area (Å²) in [5, 5.41) is 8.48. The zero-order valence-electron chi connectivity index (χ0n) is 11.0. The first-order valence-corrected chi connectivity index (χ1v) is 6.46. The molecule has 0 radical (unpaired) electrons. The molecule has 1 N–H and O–H groups in total. The highest BCUT2D eigenvalue weighted by atomic mass is 35.5. The average molecular weight is 264 g/mol. The summed E-state index contributed by atoms with van der Waals surface area (Å²) in [6.07, 6.45) is 0. The quantitative estimate of drug-likeness (QED) is 0.919. The number of aryl methyl sites for hydroxylation is 1. The molecular formula is C14H18ClN3. The Hall–Kier alpha value is -1.32. The van der Waals surface area contributed by atoms with Gasteiger partial charge in [0, 0.05) is 22.8 Å². The van der Waals surface area contributed by atoms with Gasteiger partial charge in [-0.15, -0.1) is 0 Å². The van der Waals surface area contributed by atoms with E-state index in [0.29, 0.717) is 0 Å². The topological polar surface area (TPSA) is 29.9 Å². The van der Waals surface area contributed by atoms with Crippen LogP contribution in [0.1, 0.15) is 11.4 Å². The van der Waals surface area contributed by atoms with Gasteiger partial charge in [0.05, 0.1) is 12.2 Å². The van der Waals surface area contributed by atoms with Crippen LogP contribution < -0.4 is 5.32 Å². The van der Waals surface area contributed by atoms with Crippen LogP contribution in [0.25, 0.3) is 11.1 Å². The van der Waals surface area contributed by atoms with Gasteiger partial charge in [0.2, 0.25) is 0 Å². The van der Waals surface area contributed by atoms with E-state index >= 15 is 0 Å². The highest BCUT2D eigenvalue weighted by molar-refractivity contribution is 6.30. The molecule has 18 heavy (non-hydrogen) atoms. The fourth-order valence-corrected chi connectivity index (χ4v) is 2.38. The van der Waals surface area contributed by atoms with Crippen molar-refractivity contribution in [2.75, 3.05) is 13.6 Å². The predicted octanol–water partition coefficient (Wildman–Crippen LogP) is 3.04. The summed E-state index contributed by atoms with van der Waals surface area (Å²) in [6.45, 7) is 5.94. The molecule has 1 heterocycles. The second-order valence-electron chi connectivity index (χ2n) is 4.38. The standard InChI is InChI=1S/C14H18ClN3/c1-10-14(12-5-4-6-13(15)9-12)11(2)18(17-10)8-7-16-3/h4-6,9,16H,7-8H2,1-3H3. The maximum atomic E-state index is 6.05. The van der Waals surface area contributed by atoms with Crippen LogP contribution in [0, 0.1) is 13.8 Å². The van der Waals surface area contributed by atoms with Crippen molar-refractivity contribution in [2.24, 2.45) is 0 Å². The van der Waals surface area contributed by atoms with Gasteiger partial charge in [-0.05, 0) is 38.6 Å². The Morgan fingerprint density at radius 1 is 1.33 bits per heavy atom. The Morgan fingerprint density at radius 3 is 2.78 bits per heavy atom. The molecule has 0 unspecified atom stereocenters. The molecule has 0 fully saturated rings. The van der Waals surface area contributed by atoms with Gasteiger partial charge in [0.15, 0.2) is 0 Å². The third kappa shape index (κ3) is 2.57. The molecule has 0 atom stereocenters. The molecule has 0 aliphatic rings. The van der Waals surface area contributed by atoms with Crippen molar-refractivity contribution < 1.29 is 0 Å². The number of hydrogen-bond acceptors (Lipinski definition) is 2. The van der Waals surface area contributed by atoms with Crippen molar-refractivity contribution in [3.63, 3.8) is 0 Å². The summed E-state index contributed by atoms with van der Waals surface area (Å²) in [5.74, 6) is 0. The third-order valence-electron chi connectivity index (χ3n) is 3.07. The maximum Gasteiger partial charge on any atom is 0.0674 e. The highest BCUT2D eigenvalue weighted by Crippen LogP contribution is 2.28. The number of hydrogen-bond donors (Lipinski definition) is 1. The molecule has 0 saturated carbocycles. The maximum absolute atomic E-state index is 6.05. The summed E-state index contributed by atoms with van der Waals surface area (Å²) in [5.41, 5.74) is 4.55. The van der Waals surface area contributed by atoms with Gasteiger partial charge >= 0.3 is 0 Å². The SMILES string of the molecule is CNCCn1nc(C)c(-c2cccc(Cl)c2)c1C. The lowest BCUT2D eigenvalue weighted by molar-refractivity contribution is 0.569. The number of halogens is 1. The van der Waals surface area contributed by atoms with Gasteiger partial charge in [-0.1, -0.05) is 23.7 Å². The summed E-state index contributed by atoms with van der Waals surface area (Å²) in [4.78, 5) is 0. The molecule has 0 bridgehead atoms. The lowest BCUT2D eigenvalue weighted by Gasteiger charge is -2.05. The number of likely N-dealkylation sites (N-methyl/N-ethyl adjacent to an activating group) is 1. The van der Waals surface area contributed by atoms with Crippen LogP contribution in [-0.4, -0.2) is 23.4 Å². The second kappa shape index (κ2) is 5.55. The largest absolute Gasteiger partial charge is 0.318 e. The van der Waals surface area contributed by atoms with Gasteiger partial charge < -0.3 is 5.32 Å². The molecule has 3 nitrogen and oxygen atoms in total. The van der Waals surface area contributed by atoms with Crippen molar-refractivity contribution >= 4 is 11.6 Å². The van der Waals surface area contributed by atoms with Gasteiger partial charge in [0.1, 0.15) is 0 Å². The van der Waals surface area contributed by atoms with Crippen LogP contribution >= 0.6 is 11.6 Å². The molecule has 1 aromatic heterocycles. The summed E-state index contributed by atoms with van der Waals surface area (Å²) in [6, 6.07) is 7.93. The van der Waals surface area contributed by atoms with Gasteiger partial charge in [0.25, 0.3) is 0 Å². The minimum absolute atomic E-state index is 0.759.